The maximum absolute atomic E-state index is 12.6. The summed E-state index contributed by atoms with van der Waals surface area (Å²) in [7, 11) is 1.74. The average molecular weight is 453 g/mol. The van der Waals surface area contributed by atoms with E-state index < -0.39 is 0 Å². The number of amides is 1. The van der Waals surface area contributed by atoms with Gasteiger partial charge in [-0.15, -0.1) is 0 Å². The number of aryl methyl sites for hydroxylation is 1. The monoisotopic (exact) mass is 451 g/mol. The van der Waals surface area contributed by atoms with Crippen LogP contribution >= 0.6 is 27.5 Å². The molecule has 27 heavy (non-hydrogen) atoms. The predicted octanol–water partition coefficient (Wildman–Crippen LogP) is 3.82. The number of carbonyl (C=O) groups is 1. The van der Waals surface area contributed by atoms with Gasteiger partial charge in [0.15, 0.2) is 12.4 Å². The summed E-state index contributed by atoms with van der Waals surface area (Å²) in [6.07, 6.45) is 3.43. The summed E-state index contributed by atoms with van der Waals surface area (Å²) < 4.78 is 9.94. The third-order valence-corrected chi connectivity index (χ3v) is 4.74. The third-order valence-electron chi connectivity index (χ3n) is 3.96. The lowest BCUT2D eigenvalue weighted by molar-refractivity contribution is 0.0773. The number of nitrogens with zero attached hydrogens (tertiary/aromatic N) is 5. The number of aromatic nitrogens is 4. The second-order valence-corrected chi connectivity index (χ2v) is 7.21. The van der Waals surface area contributed by atoms with Crippen LogP contribution in [0.2, 0.25) is 5.02 Å². The van der Waals surface area contributed by atoms with E-state index in [0.29, 0.717) is 23.0 Å². The minimum Gasteiger partial charge on any atom is -0.470 e. The fraction of sp³-hybridized carbons (Fsp3) is 0.278. The molecule has 7 nitrogen and oxygen atoms in total. The van der Waals surface area contributed by atoms with Crippen LogP contribution in [0.15, 0.2) is 47.2 Å². The van der Waals surface area contributed by atoms with Gasteiger partial charge in [0, 0.05) is 30.5 Å². The molecule has 0 saturated heterocycles. The minimum absolute atomic E-state index is 0.154. The Morgan fingerprint density at radius 1 is 1.33 bits per heavy atom. The molecule has 0 unspecified atom stereocenters. The van der Waals surface area contributed by atoms with Crippen LogP contribution in [-0.4, -0.2) is 37.4 Å². The van der Waals surface area contributed by atoms with Crippen molar-refractivity contribution in [3.8, 4) is 5.75 Å². The van der Waals surface area contributed by atoms with Gasteiger partial charge in [0.05, 0.1) is 17.3 Å². The van der Waals surface area contributed by atoms with Crippen molar-refractivity contribution in [3.63, 3.8) is 0 Å². The molecule has 0 radical (unpaired) electrons. The van der Waals surface area contributed by atoms with Gasteiger partial charge in [-0.25, -0.2) is 4.68 Å². The number of halogens is 2. The van der Waals surface area contributed by atoms with Crippen molar-refractivity contribution in [1.82, 2.24) is 24.5 Å². The Bertz CT molecular complexity index is 939. The van der Waals surface area contributed by atoms with Gasteiger partial charge in [0.25, 0.3) is 5.91 Å². The van der Waals surface area contributed by atoms with Crippen LogP contribution in [0.5, 0.6) is 5.75 Å². The first-order valence-corrected chi connectivity index (χ1v) is 9.52. The Kier molecular flexibility index (Phi) is 6.18. The average Bonchev–Trinajstić information content (AvgIpc) is 3.29. The van der Waals surface area contributed by atoms with E-state index in [2.05, 4.69) is 26.1 Å². The molecule has 142 valence electrons. The van der Waals surface area contributed by atoms with Gasteiger partial charge in [-0.3, -0.25) is 9.48 Å². The molecule has 0 aliphatic heterocycles. The van der Waals surface area contributed by atoms with Crippen molar-refractivity contribution in [2.24, 2.45) is 0 Å². The van der Waals surface area contributed by atoms with Gasteiger partial charge in [-0.2, -0.15) is 10.2 Å². The SMILES string of the molecule is CCn1nccc1CN(C)C(=O)c1ccn(COc2ccc(Br)cc2Cl)n1. The summed E-state index contributed by atoms with van der Waals surface area (Å²) in [5.41, 5.74) is 1.33. The van der Waals surface area contributed by atoms with Gasteiger partial charge in [0.1, 0.15) is 5.75 Å². The van der Waals surface area contributed by atoms with Gasteiger partial charge < -0.3 is 9.64 Å². The Labute approximate surface area is 170 Å². The van der Waals surface area contributed by atoms with Gasteiger partial charge in [-0.05, 0) is 37.3 Å². The Morgan fingerprint density at radius 2 is 2.15 bits per heavy atom. The number of ether oxygens (including phenoxy) is 1. The fourth-order valence-electron chi connectivity index (χ4n) is 2.57. The quantitative estimate of drug-likeness (QED) is 0.546. The number of carbonyl (C=O) groups excluding carboxylic acids is 1. The molecular formula is C18H19BrClN5O2. The molecular weight excluding hydrogens is 434 g/mol. The molecule has 0 aliphatic rings. The highest BCUT2D eigenvalue weighted by atomic mass is 79.9. The molecule has 3 rings (SSSR count). The smallest absolute Gasteiger partial charge is 0.274 e. The van der Waals surface area contributed by atoms with Crippen molar-refractivity contribution in [3.05, 3.63) is 63.6 Å². The number of rotatable bonds is 7. The molecule has 0 atom stereocenters. The second kappa shape index (κ2) is 8.58. The molecule has 9 heteroatoms. The highest BCUT2D eigenvalue weighted by molar-refractivity contribution is 9.10. The Hall–Kier alpha value is -2.32. The summed E-state index contributed by atoms with van der Waals surface area (Å²) in [4.78, 5) is 14.2. The van der Waals surface area contributed by atoms with Crippen LogP contribution in [0.25, 0.3) is 0 Å². The molecule has 1 aromatic carbocycles. The van der Waals surface area contributed by atoms with Crippen LogP contribution in [-0.2, 0) is 19.8 Å². The third kappa shape index (κ3) is 4.70. The second-order valence-electron chi connectivity index (χ2n) is 5.89. The molecule has 2 heterocycles. The van der Waals surface area contributed by atoms with Crippen molar-refractivity contribution in [1.29, 1.82) is 0 Å². The zero-order valence-corrected chi connectivity index (χ0v) is 17.3. The maximum atomic E-state index is 12.6. The van der Waals surface area contributed by atoms with Crippen LogP contribution in [0.4, 0.5) is 0 Å². The van der Waals surface area contributed by atoms with Crippen LogP contribution in [0.3, 0.4) is 0 Å². The molecule has 0 bridgehead atoms. The number of hydrogen-bond donors (Lipinski definition) is 0. The van der Waals surface area contributed by atoms with E-state index in [-0.39, 0.29) is 12.6 Å². The van der Waals surface area contributed by atoms with E-state index >= 15 is 0 Å². The van der Waals surface area contributed by atoms with E-state index in [0.717, 1.165) is 16.7 Å². The summed E-state index contributed by atoms with van der Waals surface area (Å²) in [5.74, 6) is 0.382. The van der Waals surface area contributed by atoms with Crippen molar-refractivity contribution >= 4 is 33.4 Å². The molecule has 0 fully saturated rings. The standard InChI is InChI=1S/C18H19BrClN5O2/c1-3-25-14(6-8-21-25)11-23(2)18(26)16-7-9-24(22-16)12-27-17-5-4-13(19)10-15(17)20/h4-10H,3,11-12H2,1-2H3. The molecule has 2 aromatic heterocycles. The Morgan fingerprint density at radius 3 is 2.89 bits per heavy atom. The molecule has 0 saturated carbocycles. The van der Waals surface area contributed by atoms with Crippen molar-refractivity contribution < 1.29 is 9.53 Å². The predicted molar refractivity (Wildman–Crippen MR) is 106 cm³/mol. The van der Waals surface area contributed by atoms with Gasteiger partial charge in [0.2, 0.25) is 0 Å². The molecule has 0 spiro atoms. The number of benzene rings is 1. The van der Waals surface area contributed by atoms with Crippen LogP contribution < -0.4 is 4.74 Å². The first-order valence-electron chi connectivity index (χ1n) is 8.35. The van der Waals surface area contributed by atoms with E-state index in [1.165, 1.54) is 0 Å². The summed E-state index contributed by atoms with van der Waals surface area (Å²) in [6, 6.07) is 8.94. The fourth-order valence-corrected chi connectivity index (χ4v) is 3.29. The van der Waals surface area contributed by atoms with Gasteiger partial charge >= 0.3 is 0 Å². The zero-order chi connectivity index (χ0) is 19.4. The number of hydrogen-bond acceptors (Lipinski definition) is 4. The topological polar surface area (TPSA) is 65.2 Å². The highest BCUT2D eigenvalue weighted by Gasteiger charge is 2.16. The molecule has 3 aromatic rings. The summed E-state index contributed by atoms with van der Waals surface area (Å²) in [5, 5.41) is 9.01. The van der Waals surface area contributed by atoms with Crippen molar-refractivity contribution in [2.75, 3.05) is 7.05 Å². The lowest BCUT2D eigenvalue weighted by atomic mass is 10.3. The van der Waals surface area contributed by atoms with Crippen LogP contribution in [0.1, 0.15) is 23.1 Å². The van der Waals surface area contributed by atoms with E-state index in [4.69, 9.17) is 16.3 Å². The molecule has 1 amide bonds. The first-order chi connectivity index (χ1) is 13.0. The largest absolute Gasteiger partial charge is 0.470 e. The van der Waals surface area contributed by atoms with Crippen LogP contribution in [0, 0.1) is 0 Å². The zero-order valence-electron chi connectivity index (χ0n) is 15.0. The van der Waals surface area contributed by atoms with E-state index in [9.17, 15) is 4.79 Å². The normalized spacial score (nSPS) is 10.8. The van der Waals surface area contributed by atoms with E-state index in [1.54, 1.807) is 47.2 Å². The summed E-state index contributed by atoms with van der Waals surface area (Å²) >= 11 is 9.48. The van der Waals surface area contributed by atoms with Crippen molar-refractivity contribution in [2.45, 2.75) is 26.7 Å². The summed E-state index contributed by atoms with van der Waals surface area (Å²) in [6.45, 7) is 3.39. The first kappa shape index (κ1) is 19.4. The Balaban J connectivity index is 1.61. The lowest BCUT2D eigenvalue weighted by Gasteiger charge is -2.16. The highest BCUT2D eigenvalue weighted by Crippen LogP contribution is 2.27. The minimum atomic E-state index is -0.167. The van der Waals surface area contributed by atoms with E-state index in [1.807, 2.05) is 23.7 Å². The lowest BCUT2D eigenvalue weighted by Crippen LogP contribution is -2.28. The molecule has 0 aliphatic carbocycles. The maximum Gasteiger partial charge on any atom is 0.274 e. The van der Waals surface area contributed by atoms with Gasteiger partial charge in [-0.1, -0.05) is 27.5 Å². The molecule has 0 N–H and O–H groups in total.